The number of nitrogens with zero attached hydrogens (tertiary/aromatic N) is 4. The van der Waals surface area contributed by atoms with Gasteiger partial charge in [0.25, 0.3) is 0 Å². The quantitative estimate of drug-likeness (QED) is 0.178. The highest BCUT2D eigenvalue weighted by molar-refractivity contribution is 6.38. The van der Waals surface area contributed by atoms with Crippen LogP contribution >= 0.6 is 0 Å². The van der Waals surface area contributed by atoms with E-state index in [0.717, 1.165) is 66.5 Å². The van der Waals surface area contributed by atoms with Crippen LogP contribution in [0.4, 0.5) is 0 Å². The Morgan fingerprint density at radius 1 is 0.321 bits per heavy atom. The second-order valence-electron chi connectivity index (χ2n) is 14.4. The molecule has 0 saturated heterocycles. The fraction of sp³-hybridized carbons (Fsp3) is 0. The van der Waals surface area contributed by atoms with Crippen LogP contribution in [0.25, 0.3) is 116 Å². The van der Waals surface area contributed by atoms with E-state index in [1.807, 2.05) is 36.4 Å². The van der Waals surface area contributed by atoms with Crippen LogP contribution in [0.15, 0.2) is 186 Å². The molecule has 9 aromatic carbocycles. The van der Waals surface area contributed by atoms with Gasteiger partial charge < -0.3 is 8.98 Å². The molecule has 0 aliphatic carbocycles. The van der Waals surface area contributed by atoms with Gasteiger partial charge in [-0.1, -0.05) is 140 Å². The van der Waals surface area contributed by atoms with Gasteiger partial charge in [-0.15, -0.1) is 0 Å². The largest absolute Gasteiger partial charge is 0.456 e. The van der Waals surface area contributed by atoms with Crippen molar-refractivity contribution in [1.82, 2.24) is 19.5 Å². The van der Waals surface area contributed by atoms with Gasteiger partial charge in [-0.05, 0) is 75.1 Å². The van der Waals surface area contributed by atoms with Crippen molar-refractivity contribution in [3.8, 4) is 51.0 Å². The van der Waals surface area contributed by atoms with Gasteiger partial charge in [0.15, 0.2) is 17.5 Å². The summed E-state index contributed by atoms with van der Waals surface area (Å²) in [6, 6.07) is 63.7. The Labute approximate surface area is 321 Å². The van der Waals surface area contributed by atoms with E-state index in [0.29, 0.717) is 17.5 Å². The van der Waals surface area contributed by atoms with Crippen molar-refractivity contribution in [3.63, 3.8) is 0 Å². The lowest BCUT2D eigenvalue weighted by atomic mass is 9.95. The molecule has 0 aliphatic rings. The van der Waals surface area contributed by atoms with E-state index in [9.17, 15) is 0 Å². The van der Waals surface area contributed by atoms with E-state index in [1.54, 1.807) is 0 Å². The minimum atomic E-state index is 0.613. The number of furan rings is 1. The van der Waals surface area contributed by atoms with Gasteiger partial charge in [0.2, 0.25) is 0 Å². The van der Waals surface area contributed by atoms with Crippen LogP contribution in [0.3, 0.4) is 0 Å². The number of benzene rings is 8. The number of aromatic nitrogens is 4. The Bertz CT molecular complexity index is 3470. The van der Waals surface area contributed by atoms with Crippen molar-refractivity contribution in [2.75, 3.05) is 0 Å². The molecule has 0 atom stereocenters. The van der Waals surface area contributed by atoms with E-state index in [4.69, 9.17) is 19.4 Å². The molecule has 12 aromatic rings. The van der Waals surface area contributed by atoms with Crippen LogP contribution in [-0.4, -0.2) is 19.5 Å². The lowest BCUT2D eigenvalue weighted by Gasteiger charge is -2.12. The minimum absolute atomic E-state index is 0.613. The highest BCUT2D eigenvalue weighted by Crippen LogP contribution is 2.47. The minimum Gasteiger partial charge on any atom is -0.456 e. The maximum absolute atomic E-state index is 6.58. The molecule has 0 unspecified atom stereocenters. The second kappa shape index (κ2) is 11.9. The maximum Gasteiger partial charge on any atom is 0.164 e. The molecule has 0 fully saturated rings. The SMILES string of the molecule is c1ccc(-c2cccc(-c3nc(-c4ccccc4)nc(-c4cccc(-n5c6cccc7c8ccccc8c8cccc9oc%10ccc5c(c%10c98)c76)c4)n3)c2)cc1. The smallest absolute Gasteiger partial charge is 0.164 e. The van der Waals surface area contributed by atoms with Crippen LogP contribution < -0.4 is 0 Å². The molecule has 56 heavy (non-hydrogen) atoms. The second-order valence-corrected chi connectivity index (χ2v) is 14.4. The zero-order chi connectivity index (χ0) is 36.7. The van der Waals surface area contributed by atoms with Gasteiger partial charge in [0, 0.05) is 43.9 Å². The summed E-state index contributed by atoms with van der Waals surface area (Å²) in [6.07, 6.45) is 0. The lowest BCUT2D eigenvalue weighted by molar-refractivity contribution is 0.669. The first kappa shape index (κ1) is 30.8. The van der Waals surface area contributed by atoms with Crippen molar-refractivity contribution in [2.24, 2.45) is 0 Å². The maximum atomic E-state index is 6.58. The Kier molecular flexibility index (Phi) is 6.56. The third-order valence-electron chi connectivity index (χ3n) is 11.2. The zero-order valence-corrected chi connectivity index (χ0v) is 30.0. The molecule has 0 bridgehead atoms. The van der Waals surface area contributed by atoms with Crippen LogP contribution in [0.5, 0.6) is 0 Å². The van der Waals surface area contributed by atoms with E-state index in [2.05, 4.69) is 150 Å². The molecule has 0 radical (unpaired) electrons. The van der Waals surface area contributed by atoms with Gasteiger partial charge in [-0.3, -0.25) is 0 Å². The normalized spacial score (nSPS) is 11.9. The zero-order valence-electron chi connectivity index (χ0n) is 30.0. The number of rotatable bonds is 5. The Hall–Kier alpha value is -7.63. The summed E-state index contributed by atoms with van der Waals surface area (Å²) < 4.78 is 8.96. The van der Waals surface area contributed by atoms with Gasteiger partial charge in [0.1, 0.15) is 11.2 Å². The average Bonchev–Trinajstić information content (AvgIpc) is 3.82. The molecule has 0 N–H and O–H groups in total. The summed E-state index contributed by atoms with van der Waals surface area (Å²) in [5.41, 5.74) is 10.1. The fourth-order valence-electron chi connectivity index (χ4n) is 8.74. The number of hydrogen-bond donors (Lipinski definition) is 0. The van der Waals surface area contributed by atoms with Gasteiger partial charge in [0.05, 0.1) is 11.0 Å². The van der Waals surface area contributed by atoms with Crippen molar-refractivity contribution >= 4 is 65.3 Å². The molecular formula is C51H30N4O. The summed E-state index contributed by atoms with van der Waals surface area (Å²) in [5, 5.41) is 9.55. The molecule has 3 aromatic heterocycles. The lowest BCUT2D eigenvalue weighted by Crippen LogP contribution is -2.01. The van der Waals surface area contributed by atoms with Crippen LogP contribution in [0, 0.1) is 0 Å². The predicted molar refractivity (Wildman–Crippen MR) is 229 cm³/mol. The predicted octanol–water partition coefficient (Wildman–Crippen LogP) is 13.3. The Balaban J connectivity index is 1.11. The molecule has 260 valence electrons. The van der Waals surface area contributed by atoms with E-state index in [1.165, 1.54) is 32.3 Å². The summed E-state index contributed by atoms with van der Waals surface area (Å²) in [5.74, 6) is 1.87. The average molecular weight is 715 g/mol. The van der Waals surface area contributed by atoms with Crippen LogP contribution in [0.2, 0.25) is 0 Å². The number of hydrogen-bond acceptors (Lipinski definition) is 4. The first-order chi connectivity index (χ1) is 27.8. The third kappa shape index (κ3) is 4.58. The molecule has 0 saturated carbocycles. The molecule has 12 rings (SSSR count). The molecule has 5 nitrogen and oxygen atoms in total. The van der Waals surface area contributed by atoms with Crippen LogP contribution in [0.1, 0.15) is 0 Å². The molecule has 5 heteroatoms. The molecule has 3 heterocycles. The van der Waals surface area contributed by atoms with Crippen molar-refractivity contribution in [2.45, 2.75) is 0 Å². The van der Waals surface area contributed by atoms with Gasteiger partial charge in [-0.2, -0.15) is 0 Å². The monoisotopic (exact) mass is 714 g/mol. The van der Waals surface area contributed by atoms with E-state index < -0.39 is 0 Å². The summed E-state index contributed by atoms with van der Waals surface area (Å²) >= 11 is 0. The fourth-order valence-corrected chi connectivity index (χ4v) is 8.74. The van der Waals surface area contributed by atoms with E-state index >= 15 is 0 Å². The number of fused-ring (bicyclic) bond motifs is 3. The Morgan fingerprint density at radius 2 is 0.839 bits per heavy atom. The topological polar surface area (TPSA) is 56.7 Å². The Morgan fingerprint density at radius 3 is 1.59 bits per heavy atom. The van der Waals surface area contributed by atoms with E-state index in [-0.39, 0.29) is 0 Å². The summed E-state index contributed by atoms with van der Waals surface area (Å²) in [7, 11) is 0. The standard InChI is InChI=1S/C51H30N4O/c1-3-13-31(14-4-1)33-17-9-18-34(29-33)50-52-49(32-15-5-2-6-16-32)53-51(54-50)35-19-10-20-36(30-35)55-41-25-11-23-39-37-21-7-8-22-38(37)40-24-12-26-43-46(40)48-44(56-43)28-27-42(55)47(48)45(39)41/h1-30H. The molecular weight excluding hydrogens is 685 g/mol. The summed E-state index contributed by atoms with van der Waals surface area (Å²) in [4.78, 5) is 15.3. The third-order valence-corrected chi connectivity index (χ3v) is 11.2. The first-order valence-corrected chi connectivity index (χ1v) is 18.9. The molecule has 0 aliphatic heterocycles. The highest BCUT2D eigenvalue weighted by atomic mass is 16.3. The van der Waals surface area contributed by atoms with Crippen molar-refractivity contribution in [1.29, 1.82) is 0 Å². The molecule has 0 amide bonds. The first-order valence-electron chi connectivity index (χ1n) is 18.9. The van der Waals surface area contributed by atoms with Crippen molar-refractivity contribution in [3.05, 3.63) is 182 Å². The highest BCUT2D eigenvalue weighted by Gasteiger charge is 2.23. The summed E-state index contributed by atoms with van der Waals surface area (Å²) in [6.45, 7) is 0. The van der Waals surface area contributed by atoms with Crippen molar-refractivity contribution < 1.29 is 4.42 Å². The van der Waals surface area contributed by atoms with Gasteiger partial charge >= 0.3 is 0 Å². The van der Waals surface area contributed by atoms with Gasteiger partial charge in [-0.25, -0.2) is 15.0 Å². The van der Waals surface area contributed by atoms with Crippen LogP contribution in [-0.2, 0) is 0 Å². The molecule has 0 spiro atoms.